The molecule has 0 bridgehead atoms. The van der Waals surface area contributed by atoms with Crippen LogP contribution in [0.2, 0.25) is 0 Å². The third-order valence-corrected chi connectivity index (χ3v) is 0.500. The molecule has 0 heterocycles. The van der Waals surface area contributed by atoms with E-state index < -0.39 is 0 Å². The average molecular weight is 283 g/mol. The first-order valence-corrected chi connectivity index (χ1v) is 1.61. The van der Waals surface area contributed by atoms with Crippen LogP contribution in [0.5, 0.6) is 0 Å². The van der Waals surface area contributed by atoms with Crippen molar-refractivity contribution in [1.29, 1.82) is 0 Å². The Bertz CT molecular complexity index is 34.7. The predicted octanol–water partition coefficient (Wildman–Crippen LogP) is 0.591. The zero-order valence-electron chi connectivity index (χ0n) is 2.95. The molecule has 0 aromatic rings. The van der Waals surface area contributed by atoms with Crippen molar-refractivity contribution >= 4 is 23.6 Å². The van der Waals surface area contributed by atoms with E-state index in [-0.39, 0.29) is 49.8 Å². The summed E-state index contributed by atoms with van der Waals surface area (Å²) in [5.74, 6) is 0. The molecule has 7 heavy (non-hydrogen) atoms. The van der Waals surface area contributed by atoms with Crippen LogP contribution in [0.3, 0.4) is 0 Å². The van der Waals surface area contributed by atoms with E-state index in [4.69, 9.17) is 10.4 Å². The summed E-state index contributed by atoms with van der Waals surface area (Å²) < 4.78 is -0.414. The number of rotatable bonds is 1. The molecule has 0 amide bonds. The molecule has 0 aliphatic heterocycles. The Morgan fingerprint density at radius 3 is 1.14 bits per heavy atom. The van der Waals surface area contributed by atoms with Crippen LogP contribution in [0.25, 0.3) is 0 Å². The number of hydrogen-bond acceptors (Lipinski definition) is 4. The van der Waals surface area contributed by atoms with Crippen LogP contribution < -0.4 is 0 Å². The second-order valence-corrected chi connectivity index (χ2v) is 1.09. The molecule has 7 heteroatoms. The molecule has 0 aromatic carbocycles. The van der Waals surface area contributed by atoms with Crippen molar-refractivity contribution in [3.05, 3.63) is 0 Å². The number of nitrogens with zero attached hydrogens (tertiary/aromatic N) is 2. The monoisotopic (exact) mass is 284 g/mol. The predicted molar refractivity (Wildman–Crippen MR) is 19.0 cm³/mol. The SMILES string of the molecule is ON(Cl)N(O)Cl.[Sm]. The van der Waals surface area contributed by atoms with Gasteiger partial charge in [-0.2, -0.15) is 0 Å². The van der Waals surface area contributed by atoms with Gasteiger partial charge in [0.25, 0.3) is 0 Å². The van der Waals surface area contributed by atoms with E-state index in [2.05, 4.69) is 23.6 Å². The molecular formula is H2Cl2N2O2Sm. The summed E-state index contributed by atoms with van der Waals surface area (Å²) in [5.41, 5.74) is 0. The molecule has 4 nitrogen and oxygen atoms in total. The zero-order chi connectivity index (χ0) is 5.15. The van der Waals surface area contributed by atoms with Crippen molar-refractivity contribution < 1.29 is 50.8 Å². The van der Waals surface area contributed by atoms with Gasteiger partial charge in [-0.05, 0) is 0 Å². The molecule has 0 aliphatic carbocycles. The van der Waals surface area contributed by atoms with Crippen LogP contribution in [0.15, 0.2) is 0 Å². The third-order valence-electron chi connectivity index (χ3n) is 0.136. The van der Waals surface area contributed by atoms with Crippen LogP contribution in [0.1, 0.15) is 0 Å². The number of hydrogen-bond donors (Lipinski definition) is 2. The van der Waals surface area contributed by atoms with Gasteiger partial charge in [-0.3, -0.25) is 10.4 Å². The van der Waals surface area contributed by atoms with Gasteiger partial charge in [-0.15, -0.1) is 0 Å². The first kappa shape index (κ1) is 11.5. The minimum Gasteiger partial charge on any atom is -0.282 e. The zero-order valence-corrected chi connectivity index (χ0v) is 7.08. The van der Waals surface area contributed by atoms with Crippen LogP contribution in [0, 0.1) is 40.4 Å². The molecule has 2 N–H and O–H groups in total. The van der Waals surface area contributed by atoms with Crippen LogP contribution in [-0.4, -0.2) is 19.8 Å². The summed E-state index contributed by atoms with van der Waals surface area (Å²) in [6.45, 7) is 0. The summed E-state index contributed by atoms with van der Waals surface area (Å²) in [7, 11) is 0. The van der Waals surface area contributed by atoms with Crippen molar-refractivity contribution in [3.8, 4) is 0 Å². The van der Waals surface area contributed by atoms with Gasteiger partial charge in [0.1, 0.15) is 0 Å². The molecule has 0 rings (SSSR count). The quantitative estimate of drug-likeness (QED) is 0.546. The molecule has 0 unspecified atom stereocenters. The topological polar surface area (TPSA) is 46.9 Å². The molecule has 44 valence electrons. The molecule has 0 atom stereocenters. The Kier molecular flexibility index (Phi) is 9.71. The normalized spacial score (nSPS) is 9.43. The van der Waals surface area contributed by atoms with E-state index in [1.807, 2.05) is 0 Å². The molecular weight excluding hydrogens is 281 g/mol. The van der Waals surface area contributed by atoms with Gasteiger partial charge in [-0.1, -0.05) is 0 Å². The first-order valence-electron chi connectivity index (χ1n) is 0.938. The molecule has 0 saturated carbocycles. The minimum atomic E-state index is -0.207. The van der Waals surface area contributed by atoms with Gasteiger partial charge < -0.3 is 0 Å². The van der Waals surface area contributed by atoms with Gasteiger partial charge in [0.2, 0.25) is 0 Å². The number of hydrazine groups is 1. The van der Waals surface area contributed by atoms with Crippen molar-refractivity contribution in [2.75, 3.05) is 0 Å². The molecule has 0 aromatic heterocycles. The second kappa shape index (κ2) is 5.89. The summed E-state index contributed by atoms with van der Waals surface area (Å²) in [6, 6.07) is 0. The van der Waals surface area contributed by atoms with E-state index >= 15 is 0 Å². The maximum absolute atomic E-state index is 7.77. The molecule has 0 radical (unpaired) electrons. The van der Waals surface area contributed by atoms with Gasteiger partial charge in [0, 0.05) is 73.3 Å². The van der Waals surface area contributed by atoms with Gasteiger partial charge >= 0.3 is 0 Å². The Hall–Kier alpha value is 1.76. The Morgan fingerprint density at radius 2 is 1.14 bits per heavy atom. The fourth-order valence-corrected chi connectivity index (χ4v) is 0. The van der Waals surface area contributed by atoms with Crippen molar-refractivity contribution in [2.45, 2.75) is 0 Å². The fraction of sp³-hybridized carbons (Fsp3) is 0. The largest absolute Gasteiger partial charge is 0.282 e. The minimum absolute atomic E-state index is 0. The summed E-state index contributed by atoms with van der Waals surface area (Å²) >= 11 is 9.09. The molecule has 0 spiro atoms. The Balaban J connectivity index is 0. The van der Waals surface area contributed by atoms with Crippen molar-refractivity contribution in [3.63, 3.8) is 0 Å². The average Bonchev–Trinajstić information content (AvgIpc) is 1.36. The summed E-state index contributed by atoms with van der Waals surface area (Å²) in [6.07, 6.45) is 0. The Morgan fingerprint density at radius 1 is 1.00 bits per heavy atom. The summed E-state index contributed by atoms with van der Waals surface area (Å²) in [5, 5.41) is 15.5. The molecule has 0 saturated heterocycles. The van der Waals surface area contributed by atoms with Crippen LogP contribution in [-0.2, 0) is 0 Å². The maximum Gasteiger partial charge on any atom is 0.0285 e. The van der Waals surface area contributed by atoms with Gasteiger partial charge in [0.15, 0.2) is 0 Å². The van der Waals surface area contributed by atoms with Crippen molar-refractivity contribution in [2.24, 2.45) is 0 Å². The third kappa shape index (κ3) is 7.76. The maximum atomic E-state index is 7.77. The second-order valence-electron chi connectivity index (χ2n) is 0.481. The smallest absolute Gasteiger partial charge is 0.0285 e. The van der Waals surface area contributed by atoms with Gasteiger partial charge in [-0.25, -0.2) is 0 Å². The number of halogens is 2. The van der Waals surface area contributed by atoms with Crippen LogP contribution in [0.4, 0.5) is 0 Å². The van der Waals surface area contributed by atoms with E-state index in [1.54, 1.807) is 0 Å². The molecule has 0 fully saturated rings. The first-order chi connectivity index (χ1) is 2.64. The summed E-state index contributed by atoms with van der Waals surface area (Å²) in [4.78, 5) is 0. The van der Waals surface area contributed by atoms with E-state index in [0.717, 1.165) is 0 Å². The fourth-order valence-electron chi connectivity index (χ4n) is 0. The standard InChI is InChI=1S/Cl2H2N2O2.Sm/c1-3(5)4(2)6;/h5-6H;. The van der Waals surface area contributed by atoms with Gasteiger partial charge in [0.05, 0.1) is 0 Å². The van der Waals surface area contributed by atoms with Crippen molar-refractivity contribution in [1.82, 2.24) is 9.38 Å². The van der Waals surface area contributed by atoms with E-state index in [1.165, 1.54) is 0 Å². The van der Waals surface area contributed by atoms with E-state index in [9.17, 15) is 0 Å². The Labute approximate surface area is 82.8 Å². The molecule has 0 aliphatic rings. The van der Waals surface area contributed by atoms with E-state index in [0.29, 0.717) is 0 Å². The van der Waals surface area contributed by atoms with Crippen LogP contribution >= 0.6 is 23.6 Å².